The molecule has 0 radical (unpaired) electrons. The van der Waals surface area contributed by atoms with Crippen molar-refractivity contribution in [2.45, 2.75) is 208 Å². The highest BCUT2D eigenvalue weighted by Crippen LogP contribution is 2.30. The number of ether oxygens (including phenoxy) is 1. The van der Waals surface area contributed by atoms with Crippen LogP contribution in [-0.2, 0) is 38.3 Å². The molecular weight excluding hydrogens is 803 g/mol. The first-order chi connectivity index (χ1) is 29.4. The summed E-state index contributed by atoms with van der Waals surface area (Å²) in [6.45, 7) is 19.0. The van der Waals surface area contributed by atoms with Gasteiger partial charge in [0.15, 0.2) is 6.10 Å². The second-order valence-corrected chi connectivity index (χ2v) is 20.6. The maximum Gasteiger partial charge on any atom is 0.329 e. The molecule has 1 saturated heterocycles. The second kappa shape index (κ2) is 25.9. The number of esters is 1. The zero-order valence-electron chi connectivity index (χ0n) is 41.0. The lowest BCUT2D eigenvalue weighted by Crippen LogP contribution is -2.60. The predicted molar refractivity (Wildman–Crippen MR) is 243 cm³/mol. The Labute approximate surface area is 378 Å². The minimum atomic E-state index is -1.48. The summed E-state index contributed by atoms with van der Waals surface area (Å²) in [7, 11) is 4.53. The van der Waals surface area contributed by atoms with Crippen LogP contribution in [0.15, 0.2) is 0 Å². The molecule has 6 amide bonds. The van der Waals surface area contributed by atoms with Gasteiger partial charge in [-0.2, -0.15) is 5.26 Å². The average Bonchev–Trinajstić information content (AvgIpc) is 3.21. The van der Waals surface area contributed by atoms with Gasteiger partial charge in [-0.25, -0.2) is 4.79 Å². The maximum atomic E-state index is 14.8. The molecule has 2 aliphatic rings. The fourth-order valence-corrected chi connectivity index (χ4v) is 8.74. The number of carbonyl (C=O) groups excluding carboxylic acids is 7. The standard InChI is InChI=1S/C48H83N7O8/c1-14-15-20-32(6)27-36-44(59)53(11)33(7)47(62)63-40(23-19-24-49)43(58)52-37(29-48(8,9)10)46(61)54(12)38(26-31(4)5)41(56)50-35(25-30(2)3)45(60)55(13)39(42(57)51-36)28-34-21-17-16-18-22-34/h30-40H,14-23,25-29H2,1-13H3,(H,50,56)(H,51,57)(H,52,58)/t32-,33?,35+,36?,37+,38?,39+,40?/m1/s1. The van der Waals surface area contributed by atoms with Gasteiger partial charge in [0.1, 0.15) is 36.3 Å². The quantitative estimate of drug-likeness (QED) is 0.178. The van der Waals surface area contributed by atoms with E-state index in [0.29, 0.717) is 6.42 Å². The van der Waals surface area contributed by atoms with Gasteiger partial charge in [0, 0.05) is 34.0 Å². The number of nitriles is 1. The molecule has 1 aliphatic carbocycles. The number of likely N-dealkylation sites (N-methyl/N-ethyl adjacent to an activating group) is 3. The van der Waals surface area contributed by atoms with Crippen molar-refractivity contribution < 1.29 is 38.3 Å². The SMILES string of the molecule is CCCC[C@@H](C)CC1NC(=O)[C@H](CC2CCCCC2)N(C)C(=O)[C@H](CC(C)C)NC(=O)C(CC(C)C)N(C)C(=O)[C@H](CC(C)(C)C)NC(=O)C(CCC#N)OC(=O)C(C)N(C)C1=O. The summed E-state index contributed by atoms with van der Waals surface area (Å²) in [6, 6.07) is -4.48. The van der Waals surface area contributed by atoms with Crippen LogP contribution in [0.25, 0.3) is 0 Å². The largest absolute Gasteiger partial charge is 0.451 e. The van der Waals surface area contributed by atoms with Crippen LogP contribution in [0, 0.1) is 40.4 Å². The van der Waals surface area contributed by atoms with Crippen LogP contribution in [-0.4, -0.2) is 120 Å². The zero-order chi connectivity index (χ0) is 47.8. The molecule has 63 heavy (non-hydrogen) atoms. The van der Waals surface area contributed by atoms with Crippen molar-refractivity contribution in [3.8, 4) is 6.07 Å². The number of hydrogen-bond acceptors (Lipinski definition) is 9. The average molecular weight is 886 g/mol. The van der Waals surface area contributed by atoms with Gasteiger partial charge in [-0.05, 0) is 68.1 Å². The van der Waals surface area contributed by atoms with E-state index in [4.69, 9.17) is 4.74 Å². The number of unbranched alkanes of at least 4 members (excludes halogenated alkanes) is 1. The highest BCUT2D eigenvalue weighted by Gasteiger charge is 2.41. The lowest BCUT2D eigenvalue weighted by atomic mass is 9.84. The van der Waals surface area contributed by atoms with E-state index in [1.54, 1.807) is 7.05 Å². The van der Waals surface area contributed by atoms with E-state index in [1.165, 1.54) is 35.7 Å². The Balaban J connectivity index is 2.87. The Morgan fingerprint density at radius 2 is 1.22 bits per heavy atom. The number of cyclic esters (lactones) is 1. The lowest BCUT2D eigenvalue weighted by Gasteiger charge is -2.37. The van der Waals surface area contributed by atoms with E-state index < -0.39 is 89.2 Å². The van der Waals surface area contributed by atoms with Gasteiger partial charge in [-0.15, -0.1) is 0 Å². The highest BCUT2D eigenvalue weighted by molar-refractivity contribution is 5.97. The van der Waals surface area contributed by atoms with Gasteiger partial charge in [0.05, 0.1) is 6.07 Å². The molecule has 0 aromatic rings. The molecule has 358 valence electrons. The Kier molecular flexibility index (Phi) is 22.6. The van der Waals surface area contributed by atoms with E-state index in [1.807, 2.05) is 61.5 Å². The van der Waals surface area contributed by atoms with Crippen LogP contribution in [0.4, 0.5) is 0 Å². The van der Waals surface area contributed by atoms with Crippen LogP contribution in [0.5, 0.6) is 0 Å². The smallest absolute Gasteiger partial charge is 0.329 e. The number of amides is 6. The van der Waals surface area contributed by atoms with Crippen molar-refractivity contribution in [2.75, 3.05) is 21.1 Å². The topological polar surface area (TPSA) is 198 Å². The summed E-state index contributed by atoms with van der Waals surface area (Å²) >= 11 is 0. The zero-order valence-corrected chi connectivity index (χ0v) is 41.0. The molecule has 2 rings (SSSR count). The minimum absolute atomic E-state index is 0.0193. The van der Waals surface area contributed by atoms with Crippen molar-refractivity contribution in [1.82, 2.24) is 30.7 Å². The first kappa shape index (κ1) is 54.9. The monoisotopic (exact) mass is 886 g/mol. The summed E-state index contributed by atoms with van der Waals surface area (Å²) in [5.41, 5.74) is -0.490. The van der Waals surface area contributed by atoms with Crippen LogP contribution in [0.1, 0.15) is 166 Å². The Morgan fingerprint density at radius 3 is 1.76 bits per heavy atom. The van der Waals surface area contributed by atoms with Crippen LogP contribution in [0.3, 0.4) is 0 Å². The predicted octanol–water partition coefficient (Wildman–Crippen LogP) is 5.89. The van der Waals surface area contributed by atoms with Crippen molar-refractivity contribution >= 4 is 41.4 Å². The third kappa shape index (κ3) is 17.7. The molecule has 2 fully saturated rings. The molecule has 15 nitrogen and oxygen atoms in total. The third-order valence-corrected chi connectivity index (χ3v) is 12.6. The number of nitrogens with one attached hydrogen (secondary N) is 3. The second-order valence-electron chi connectivity index (χ2n) is 20.6. The van der Waals surface area contributed by atoms with Gasteiger partial charge in [0.2, 0.25) is 29.5 Å². The van der Waals surface area contributed by atoms with Gasteiger partial charge in [-0.1, -0.05) is 114 Å². The summed E-state index contributed by atoms with van der Waals surface area (Å²) in [6.07, 6.45) is 7.11. The lowest BCUT2D eigenvalue weighted by molar-refractivity contribution is -0.163. The Bertz CT molecular complexity index is 1580. The molecular formula is C48H83N7O8. The van der Waals surface area contributed by atoms with Crippen molar-refractivity contribution in [3.63, 3.8) is 0 Å². The van der Waals surface area contributed by atoms with E-state index in [-0.39, 0.29) is 62.2 Å². The normalized spacial score (nSPS) is 26.8. The molecule has 4 unspecified atom stereocenters. The number of hydrogen-bond donors (Lipinski definition) is 3. The van der Waals surface area contributed by atoms with Crippen LogP contribution < -0.4 is 16.0 Å². The van der Waals surface area contributed by atoms with Crippen LogP contribution in [0.2, 0.25) is 0 Å². The molecule has 0 aromatic carbocycles. The van der Waals surface area contributed by atoms with Gasteiger partial charge >= 0.3 is 5.97 Å². The number of carbonyl (C=O) groups is 7. The minimum Gasteiger partial charge on any atom is -0.451 e. The van der Waals surface area contributed by atoms with Crippen molar-refractivity contribution in [2.24, 2.45) is 29.1 Å². The molecule has 1 saturated carbocycles. The first-order valence-electron chi connectivity index (χ1n) is 23.7. The Morgan fingerprint density at radius 1 is 0.714 bits per heavy atom. The summed E-state index contributed by atoms with van der Waals surface area (Å²) < 4.78 is 5.77. The molecule has 0 aromatic heterocycles. The molecule has 0 spiro atoms. The molecule has 3 N–H and O–H groups in total. The Hall–Kier alpha value is -4.22. The maximum absolute atomic E-state index is 14.8. The molecule has 0 bridgehead atoms. The van der Waals surface area contributed by atoms with E-state index in [2.05, 4.69) is 22.9 Å². The summed E-state index contributed by atoms with van der Waals surface area (Å²) in [4.78, 5) is 105. The molecule has 1 heterocycles. The van der Waals surface area contributed by atoms with Gasteiger partial charge < -0.3 is 35.4 Å². The van der Waals surface area contributed by atoms with Gasteiger partial charge in [0.25, 0.3) is 5.91 Å². The van der Waals surface area contributed by atoms with E-state index in [9.17, 15) is 38.8 Å². The number of rotatable bonds is 14. The van der Waals surface area contributed by atoms with E-state index >= 15 is 0 Å². The molecule has 1 aliphatic heterocycles. The number of nitrogens with zero attached hydrogens (tertiary/aromatic N) is 4. The fourth-order valence-electron chi connectivity index (χ4n) is 8.74. The van der Waals surface area contributed by atoms with Crippen LogP contribution >= 0.6 is 0 Å². The molecule has 8 atom stereocenters. The third-order valence-electron chi connectivity index (χ3n) is 12.6. The summed E-state index contributed by atoms with van der Waals surface area (Å²) in [5, 5.41) is 18.3. The van der Waals surface area contributed by atoms with Crippen molar-refractivity contribution in [1.29, 1.82) is 5.26 Å². The van der Waals surface area contributed by atoms with Crippen molar-refractivity contribution in [3.05, 3.63) is 0 Å². The van der Waals surface area contributed by atoms with Gasteiger partial charge in [-0.3, -0.25) is 28.8 Å². The summed E-state index contributed by atoms with van der Waals surface area (Å²) in [5.74, 6) is -4.20. The molecule has 15 heteroatoms. The highest BCUT2D eigenvalue weighted by atomic mass is 16.5. The van der Waals surface area contributed by atoms with E-state index in [0.717, 1.165) is 51.4 Å². The first-order valence-corrected chi connectivity index (χ1v) is 23.7. The fraction of sp³-hybridized carbons (Fsp3) is 0.833.